The Morgan fingerprint density at radius 3 is 2.13 bits per heavy atom. The van der Waals surface area contributed by atoms with Crippen LogP contribution in [0.1, 0.15) is 43.9 Å². The van der Waals surface area contributed by atoms with Crippen LogP contribution in [0.25, 0.3) is 0 Å². The fraction of sp³-hybridized carbons (Fsp3) is 0.297. The number of nitrogens with one attached hydrogen (secondary N) is 1. The molecule has 4 aromatic carbocycles. The van der Waals surface area contributed by atoms with Gasteiger partial charge in [0.2, 0.25) is 11.8 Å². The van der Waals surface area contributed by atoms with E-state index in [4.69, 9.17) is 4.74 Å². The highest BCUT2D eigenvalue weighted by Crippen LogP contribution is 2.33. The third-order valence-electron chi connectivity index (χ3n) is 7.86. The van der Waals surface area contributed by atoms with E-state index in [-0.39, 0.29) is 35.5 Å². The second-order valence-electron chi connectivity index (χ2n) is 11.4. The van der Waals surface area contributed by atoms with Crippen LogP contribution in [0.2, 0.25) is 0 Å². The van der Waals surface area contributed by atoms with E-state index in [2.05, 4.69) is 21.2 Å². The van der Waals surface area contributed by atoms with E-state index in [1.807, 2.05) is 82.3 Å². The smallest absolute Gasteiger partial charge is 0.264 e. The van der Waals surface area contributed by atoms with Crippen molar-refractivity contribution in [3.05, 3.63) is 124 Å². The maximum atomic E-state index is 14.7. The number of hydrogen-bond donors (Lipinski definition) is 1. The molecule has 0 aliphatic heterocycles. The van der Waals surface area contributed by atoms with Gasteiger partial charge in [0.1, 0.15) is 18.3 Å². The minimum atomic E-state index is -4.25. The summed E-state index contributed by atoms with van der Waals surface area (Å²) < 4.78 is 36.5. The summed E-state index contributed by atoms with van der Waals surface area (Å²) in [5.74, 6) is -0.514. The van der Waals surface area contributed by atoms with E-state index < -0.39 is 28.5 Å². The first-order valence-electron chi connectivity index (χ1n) is 15.7. The molecule has 10 heteroatoms. The topological polar surface area (TPSA) is 96.0 Å². The normalized spacial score (nSPS) is 12.5. The minimum Gasteiger partial charge on any atom is -0.492 e. The predicted molar refractivity (Wildman–Crippen MR) is 190 cm³/mol. The first-order chi connectivity index (χ1) is 22.5. The van der Waals surface area contributed by atoms with Gasteiger partial charge in [-0.2, -0.15) is 0 Å². The van der Waals surface area contributed by atoms with E-state index >= 15 is 0 Å². The Bertz CT molecular complexity index is 1730. The van der Waals surface area contributed by atoms with Crippen molar-refractivity contribution in [2.45, 2.75) is 64.1 Å². The molecule has 8 nitrogen and oxygen atoms in total. The van der Waals surface area contributed by atoms with Crippen LogP contribution in [0.5, 0.6) is 5.75 Å². The highest BCUT2D eigenvalue weighted by molar-refractivity contribution is 9.10. The lowest BCUT2D eigenvalue weighted by Gasteiger charge is -2.34. The van der Waals surface area contributed by atoms with E-state index in [1.54, 1.807) is 36.4 Å². The van der Waals surface area contributed by atoms with Gasteiger partial charge in [0, 0.05) is 23.5 Å². The molecular weight excluding hydrogens is 678 g/mol. The maximum Gasteiger partial charge on any atom is 0.264 e. The number of anilines is 1. The lowest BCUT2D eigenvalue weighted by molar-refractivity contribution is -0.140. The Kier molecular flexibility index (Phi) is 12.6. The standard InChI is InChI=1S/C37H42BrN3O5S/c1-5-28(4)39-37(43)34(24-29-12-8-7-9-13-29)40(25-30-18-20-31(38)21-19-30)36(42)26-41(33-14-10-11-15-35(33)46-6-2)47(44,45)32-22-16-27(3)17-23-32/h7-23,28,34H,5-6,24-26H2,1-4H3,(H,39,43). The fourth-order valence-electron chi connectivity index (χ4n) is 5.07. The number of carbonyl (C=O) groups excluding carboxylic acids is 2. The quantitative estimate of drug-likeness (QED) is 0.144. The van der Waals surface area contributed by atoms with Gasteiger partial charge in [0.15, 0.2) is 0 Å². The van der Waals surface area contributed by atoms with Crippen molar-refractivity contribution < 1.29 is 22.7 Å². The van der Waals surface area contributed by atoms with Crippen LogP contribution in [0.15, 0.2) is 112 Å². The van der Waals surface area contributed by atoms with Gasteiger partial charge in [0.05, 0.1) is 17.2 Å². The lowest BCUT2D eigenvalue weighted by Crippen LogP contribution is -2.54. The summed E-state index contributed by atoms with van der Waals surface area (Å²) in [7, 11) is -4.25. The molecule has 0 aliphatic carbocycles. The number of ether oxygens (including phenoxy) is 1. The Balaban J connectivity index is 1.84. The number of sulfonamides is 1. The summed E-state index contributed by atoms with van der Waals surface area (Å²) in [5, 5.41) is 3.06. The van der Waals surface area contributed by atoms with Crippen LogP contribution >= 0.6 is 15.9 Å². The van der Waals surface area contributed by atoms with Gasteiger partial charge in [-0.25, -0.2) is 8.42 Å². The molecule has 2 amide bonds. The third kappa shape index (κ3) is 9.45. The zero-order valence-electron chi connectivity index (χ0n) is 27.2. The fourth-order valence-corrected chi connectivity index (χ4v) is 6.76. The average molecular weight is 721 g/mol. The SMILES string of the molecule is CCOc1ccccc1N(CC(=O)N(Cc1ccc(Br)cc1)C(Cc1ccccc1)C(=O)NC(C)CC)S(=O)(=O)c1ccc(C)cc1. The average Bonchev–Trinajstić information content (AvgIpc) is 3.07. The van der Waals surface area contributed by atoms with Crippen LogP contribution in [0, 0.1) is 6.92 Å². The summed E-state index contributed by atoms with van der Waals surface area (Å²) in [6.07, 6.45) is 0.951. The molecule has 0 bridgehead atoms. The Morgan fingerprint density at radius 2 is 1.49 bits per heavy atom. The van der Waals surface area contributed by atoms with Crippen LogP contribution in [-0.4, -0.2) is 50.4 Å². The highest BCUT2D eigenvalue weighted by Gasteiger charge is 2.35. The zero-order valence-corrected chi connectivity index (χ0v) is 29.6. The van der Waals surface area contributed by atoms with Crippen LogP contribution in [0.4, 0.5) is 5.69 Å². The molecule has 0 heterocycles. The molecule has 0 fully saturated rings. The maximum absolute atomic E-state index is 14.7. The van der Waals surface area contributed by atoms with Gasteiger partial charge in [-0.1, -0.05) is 95.1 Å². The van der Waals surface area contributed by atoms with Crippen LogP contribution in [-0.2, 0) is 32.6 Å². The summed E-state index contributed by atoms with van der Waals surface area (Å²) in [6, 6.07) is 29.2. The molecule has 0 aromatic heterocycles. The second-order valence-corrected chi connectivity index (χ2v) is 14.2. The summed E-state index contributed by atoms with van der Waals surface area (Å²) >= 11 is 3.47. The molecule has 0 radical (unpaired) electrons. The number of halogens is 1. The van der Waals surface area contributed by atoms with E-state index in [1.165, 1.54) is 17.0 Å². The Labute approximate surface area is 286 Å². The van der Waals surface area contributed by atoms with Gasteiger partial charge in [0.25, 0.3) is 10.0 Å². The van der Waals surface area contributed by atoms with Crippen molar-refractivity contribution in [2.24, 2.45) is 0 Å². The molecule has 0 aliphatic rings. The van der Waals surface area contributed by atoms with Crippen molar-refractivity contribution in [3.63, 3.8) is 0 Å². The van der Waals surface area contributed by atoms with E-state index in [9.17, 15) is 18.0 Å². The molecule has 0 saturated carbocycles. The minimum absolute atomic E-state index is 0.0389. The van der Waals surface area contributed by atoms with Gasteiger partial charge < -0.3 is 15.0 Å². The van der Waals surface area contributed by atoms with Crippen molar-refractivity contribution in [1.29, 1.82) is 0 Å². The van der Waals surface area contributed by atoms with Gasteiger partial charge in [-0.05, 0) is 74.7 Å². The van der Waals surface area contributed by atoms with Crippen molar-refractivity contribution in [3.8, 4) is 5.75 Å². The van der Waals surface area contributed by atoms with E-state index in [0.29, 0.717) is 18.8 Å². The number of para-hydroxylation sites is 2. The number of aryl methyl sites for hydroxylation is 1. The van der Waals surface area contributed by atoms with Crippen molar-refractivity contribution in [2.75, 3.05) is 17.5 Å². The lowest BCUT2D eigenvalue weighted by atomic mass is 10.0. The first-order valence-corrected chi connectivity index (χ1v) is 18.0. The number of benzene rings is 4. The predicted octanol–water partition coefficient (Wildman–Crippen LogP) is 6.91. The van der Waals surface area contributed by atoms with Crippen LogP contribution < -0.4 is 14.4 Å². The molecule has 2 unspecified atom stereocenters. The number of hydrogen-bond acceptors (Lipinski definition) is 5. The molecule has 1 N–H and O–H groups in total. The third-order valence-corrected chi connectivity index (χ3v) is 10.2. The first kappa shape index (κ1) is 35.7. The molecule has 2 atom stereocenters. The number of rotatable bonds is 15. The molecular formula is C37H42BrN3O5S. The highest BCUT2D eigenvalue weighted by atomic mass is 79.9. The molecule has 4 aromatic rings. The molecule has 248 valence electrons. The monoisotopic (exact) mass is 719 g/mol. The number of carbonyl (C=O) groups is 2. The Morgan fingerprint density at radius 1 is 0.851 bits per heavy atom. The van der Waals surface area contributed by atoms with Gasteiger partial charge in [-0.15, -0.1) is 0 Å². The van der Waals surface area contributed by atoms with Gasteiger partial charge in [-0.3, -0.25) is 13.9 Å². The summed E-state index contributed by atoms with van der Waals surface area (Å²) in [6.45, 7) is 7.41. The summed E-state index contributed by atoms with van der Waals surface area (Å²) in [4.78, 5) is 30.2. The van der Waals surface area contributed by atoms with Crippen LogP contribution in [0.3, 0.4) is 0 Å². The number of amides is 2. The Hall–Kier alpha value is -4.15. The van der Waals surface area contributed by atoms with Gasteiger partial charge >= 0.3 is 0 Å². The molecule has 47 heavy (non-hydrogen) atoms. The molecule has 0 saturated heterocycles. The molecule has 0 spiro atoms. The second kappa shape index (κ2) is 16.6. The molecule has 4 rings (SSSR count). The summed E-state index contributed by atoms with van der Waals surface area (Å²) in [5.41, 5.74) is 2.79. The largest absolute Gasteiger partial charge is 0.492 e. The zero-order chi connectivity index (χ0) is 34.0. The van der Waals surface area contributed by atoms with E-state index in [0.717, 1.165) is 25.5 Å². The number of nitrogens with zero attached hydrogens (tertiary/aromatic N) is 2. The van der Waals surface area contributed by atoms with Crippen molar-refractivity contribution in [1.82, 2.24) is 10.2 Å². The van der Waals surface area contributed by atoms with Crippen molar-refractivity contribution >= 4 is 43.5 Å².